The van der Waals surface area contributed by atoms with E-state index < -0.39 is 0 Å². The van der Waals surface area contributed by atoms with Gasteiger partial charge >= 0.3 is 0 Å². The number of rotatable bonds is 5. The number of benzene rings is 4. The van der Waals surface area contributed by atoms with Crippen molar-refractivity contribution < 1.29 is 9.47 Å². The van der Waals surface area contributed by atoms with Crippen molar-refractivity contribution in [3.8, 4) is 22.6 Å². The molecule has 2 heterocycles. The van der Waals surface area contributed by atoms with Crippen molar-refractivity contribution in [3.63, 3.8) is 0 Å². The van der Waals surface area contributed by atoms with Gasteiger partial charge in [-0.1, -0.05) is 60.7 Å². The summed E-state index contributed by atoms with van der Waals surface area (Å²) in [6.45, 7) is 8.71. The summed E-state index contributed by atoms with van der Waals surface area (Å²) in [6.07, 6.45) is 1.03. The second-order valence-corrected chi connectivity index (χ2v) is 9.33. The third-order valence-electron chi connectivity index (χ3n) is 7.09. The van der Waals surface area contributed by atoms with Crippen molar-refractivity contribution in [2.24, 2.45) is 4.99 Å². The summed E-state index contributed by atoms with van der Waals surface area (Å²) in [7, 11) is 0. The SMILES string of the molecule is CCOc1cc2c3c(c(C4=NCCCN4)c(-c4ccccc4)c(C)c3c1)OC(c1ccccc1)=C2C. The quantitative estimate of drug-likeness (QED) is 0.332. The highest BCUT2D eigenvalue weighted by molar-refractivity contribution is 6.18. The molecule has 0 bridgehead atoms. The van der Waals surface area contributed by atoms with Crippen LogP contribution in [0.4, 0.5) is 0 Å². The highest BCUT2D eigenvalue weighted by Crippen LogP contribution is 2.50. The molecule has 4 heteroatoms. The number of hydrogen-bond acceptors (Lipinski definition) is 4. The zero-order chi connectivity index (χ0) is 24.6. The van der Waals surface area contributed by atoms with Crippen LogP contribution in [0.5, 0.6) is 11.5 Å². The van der Waals surface area contributed by atoms with Crippen molar-refractivity contribution >= 4 is 27.9 Å². The maximum atomic E-state index is 6.92. The Bertz CT molecular complexity index is 1520. The highest BCUT2D eigenvalue weighted by atomic mass is 16.5. The third-order valence-corrected chi connectivity index (χ3v) is 7.09. The molecular weight excluding hydrogens is 444 g/mol. The van der Waals surface area contributed by atoms with Crippen molar-refractivity contribution in [1.82, 2.24) is 5.32 Å². The fraction of sp³-hybridized carbons (Fsp3) is 0.219. The number of nitrogens with one attached hydrogen (secondary N) is 1. The van der Waals surface area contributed by atoms with E-state index in [1.165, 1.54) is 5.56 Å². The lowest BCUT2D eigenvalue weighted by molar-refractivity contribution is 0.340. The number of hydrogen-bond donors (Lipinski definition) is 1. The maximum Gasteiger partial charge on any atom is 0.147 e. The predicted molar refractivity (Wildman–Crippen MR) is 149 cm³/mol. The van der Waals surface area contributed by atoms with E-state index in [4.69, 9.17) is 14.5 Å². The number of aryl methyl sites for hydroxylation is 1. The van der Waals surface area contributed by atoms with Gasteiger partial charge in [-0.05, 0) is 67.0 Å². The molecule has 0 atom stereocenters. The summed E-state index contributed by atoms with van der Waals surface area (Å²) in [5, 5.41) is 5.86. The Kier molecular flexibility index (Phi) is 5.73. The van der Waals surface area contributed by atoms with Gasteiger partial charge in [0.25, 0.3) is 0 Å². The van der Waals surface area contributed by atoms with E-state index >= 15 is 0 Å². The normalized spacial score (nSPS) is 14.8. The fourth-order valence-corrected chi connectivity index (χ4v) is 5.42. The first-order valence-corrected chi connectivity index (χ1v) is 12.7. The Morgan fingerprint density at radius 2 is 1.64 bits per heavy atom. The van der Waals surface area contributed by atoms with E-state index in [-0.39, 0.29) is 0 Å². The van der Waals surface area contributed by atoms with Crippen molar-refractivity contribution in [2.45, 2.75) is 27.2 Å². The minimum Gasteiger partial charge on any atom is -0.494 e. The molecule has 0 fully saturated rings. The summed E-state index contributed by atoms with van der Waals surface area (Å²) >= 11 is 0. The van der Waals surface area contributed by atoms with E-state index in [1.807, 2.05) is 13.0 Å². The lowest BCUT2D eigenvalue weighted by Crippen LogP contribution is -2.31. The van der Waals surface area contributed by atoms with Gasteiger partial charge in [0, 0.05) is 29.6 Å². The molecule has 0 saturated carbocycles. The van der Waals surface area contributed by atoms with Crippen LogP contribution in [0, 0.1) is 6.92 Å². The summed E-state index contributed by atoms with van der Waals surface area (Å²) in [4.78, 5) is 4.94. The lowest BCUT2D eigenvalue weighted by atomic mass is 9.84. The number of aliphatic imine (C=N–C) groups is 1. The first kappa shape index (κ1) is 22.4. The summed E-state index contributed by atoms with van der Waals surface area (Å²) in [5.74, 6) is 3.53. The molecule has 0 spiro atoms. The highest BCUT2D eigenvalue weighted by Gasteiger charge is 2.31. The molecule has 0 radical (unpaired) electrons. The molecule has 6 rings (SSSR count). The molecule has 4 aromatic rings. The van der Waals surface area contributed by atoms with Crippen LogP contribution in [0.1, 0.15) is 42.5 Å². The molecular formula is C32H30N2O2. The standard InChI is InChI=1S/C32H30N2O2/c1-4-35-24-18-25-20(2)27(22-12-7-5-8-13-22)29(32-33-16-11-17-34-32)31-28(25)26(19-24)21(3)30(36-31)23-14-9-6-10-15-23/h5-10,12-15,18-19H,4,11,16-17H2,1-3H3,(H,33,34). The Hall–Kier alpha value is -4.05. The molecule has 1 N–H and O–H groups in total. The van der Waals surface area contributed by atoms with Gasteiger partial charge in [0.2, 0.25) is 0 Å². The van der Waals surface area contributed by atoms with Gasteiger partial charge in [-0.3, -0.25) is 4.99 Å². The minimum absolute atomic E-state index is 0.617. The number of allylic oxidation sites excluding steroid dienone is 1. The molecule has 2 aliphatic heterocycles. The predicted octanol–water partition coefficient (Wildman–Crippen LogP) is 7.23. The number of amidine groups is 1. The largest absolute Gasteiger partial charge is 0.494 e. The van der Waals surface area contributed by atoms with E-state index in [9.17, 15) is 0 Å². The Morgan fingerprint density at radius 1 is 0.917 bits per heavy atom. The molecule has 4 aromatic carbocycles. The summed E-state index contributed by atoms with van der Waals surface area (Å²) in [5.41, 5.74) is 7.86. The molecule has 36 heavy (non-hydrogen) atoms. The van der Waals surface area contributed by atoms with E-state index in [0.717, 1.165) is 86.8 Å². The molecule has 180 valence electrons. The zero-order valence-corrected chi connectivity index (χ0v) is 21.0. The average molecular weight is 475 g/mol. The topological polar surface area (TPSA) is 42.8 Å². The van der Waals surface area contributed by atoms with Crippen LogP contribution in [-0.2, 0) is 0 Å². The van der Waals surface area contributed by atoms with E-state index in [0.29, 0.717) is 6.61 Å². The summed E-state index contributed by atoms with van der Waals surface area (Å²) in [6, 6.07) is 25.3. The molecule has 0 saturated heterocycles. The Morgan fingerprint density at radius 3 is 2.31 bits per heavy atom. The maximum absolute atomic E-state index is 6.92. The fourth-order valence-electron chi connectivity index (χ4n) is 5.42. The molecule has 0 aromatic heterocycles. The van der Waals surface area contributed by atoms with Gasteiger partial charge in [0.05, 0.1) is 12.2 Å². The monoisotopic (exact) mass is 474 g/mol. The van der Waals surface area contributed by atoms with Gasteiger partial charge in [-0.2, -0.15) is 0 Å². The Balaban J connectivity index is 1.75. The third kappa shape index (κ3) is 3.65. The van der Waals surface area contributed by atoms with Crippen LogP contribution in [-0.4, -0.2) is 25.5 Å². The second-order valence-electron chi connectivity index (χ2n) is 9.33. The van der Waals surface area contributed by atoms with Crippen LogP contribution in [0.2, 0.25) is 0 Å². The first-order chi connectivity index (χ1) is 17.7. The molecule has 0 amide bonds. The van der Waals surface area contributed by atoms with Gasteiger partial charge in [-0.15, -0.1) is 0 Å². The van der Waals surface area contributed by atoms with Crippen LogP contribution in [0.25, 0.3) is 33.2 Å². The van der Waals surface area contributed by atoms with Gasteiger partial charge in [-0.25, -0.2) is 0 Å². The zero-order valence-electron chi connectivity index (χ0n) is 21.0. The van der Waals surface area contributed by atoms with Crippen LogP contribution >= 0.6 is 0 Å². The van der Waals surface area contributed by atoms with E-state index in [2.05, 4.69) is 85.9 Å². The van der Waals surface area contributed by atoms with Gasteiger partial charge in [0.1, 0.15) is 23.1 Å². The number of ether oxygens (including phenoxy) is 2. The molecule has 0 aliphatic carbocycles. The van der Waals surface area contributed by atoms with Crippen molar-refractivity contribution in [3.05, 3.63) is 95.1 Å². The van der Waals surface area contributed by atoms with Gasteiger partial charge < -0.3 is 14.8 Å². The lowest BCUT2D eigenvalue weighted by Gasteiger charge is -2.30. The van der Waals surface area contributed by atoms with Crippen LogP contribution in [0.3, 0.4) is 0 Å². The van der Waals surface area contributed by atoms with Crippen LogP contribution in [0.15, 0.2) is 77.8 Å². The second kappa shape index (κ2) is 9.19. The average Bonchev–Trinajstić information content (AvgIpc) is 2.93. The van der Waals surface area contributed by atoms with E-state index in [1.54, 1.807) is 0 Å². The molecule has 2 aliphatic rings. The number of nitrogens with zero attached hydrogens (tertiary/aromatic N) is 1. The molecule has 0 unspecified atom stereocenters. The first-order valence-electron chi connectivity index (χ1n) is 12.7. The minimum atomic E-state index is 0.617. The van der Waals surface area contributed by atoms with Crippen molar-refractivity contribution in [2.75, 3.05) is 19.7 Å². The smallest absolute Gasteiger partial charge is 0.147 e. The van der Waals surface area contributed by atoms with Gasteiger partial charge in [0.15, 0.2) is 0 Å². The molecule has 4 nitrogen and oxygen atoms in total. The van der Waals surface area contributed by atoms with Crippen molar-refractivity contribution in [1.29, 1.82) is 0 Å². The van der Waals surface area contributed by atoms with Crippen LogP contribution < -0.4 is 14.8 Å². The Labute approximate surface area is 212 Å². The summed E-state index contributed by atoms with van der Waals surface area (Å²) < 4.78 is 13.0.